The molecule has 3 rings (SSSR count). The van der Waals surface area contributed by atoms with Gasteiger partial charge in [0.1, 0.15) is 11.6 Å². The second-order valence-corrected chi connectivity index (χ2v) is 5.88. The molecule has 19 heavy (non-hydrogen) atoms. The average Bonchev–Trinajstić information content (AvgIpc) is 3.06. The largest absolute Gasteiger partial charge is 0.394 e. The summed E-state index contributed by atoms with van der Waals surface area (Å²) in [7, 11) is 0. The van der Waals surface area contributed by atoms with Crippen molar-refractivity contribution in [3.8, 4) is 0 Å². The van der Waals surface area contributed by atoms with Gasteiger partial charge < -0.3 is 14.6 Å². The summed E-state index contributed by atoms with van der Waals surface area (Å²) < 4.78 is 2.22. The van der Waals surface area contributed by atoms with E-state index in [4.69, 9.17) is 0 Å². The van der Waals surface area contributed by atoms with Crippen molar-refractivity contribution in [1.82, 2.24) is 19.7 Å². The SMILES string of the molecule is CCN1CCC(Cc2nnc3n2C(CO)CCC3)C1. The van der Waals surface area contributed by atoms with Crippen LogP contribution in [-0.2, 0) is 12.8 Å². The normalized spacial score (nSPS) is 27.7. The summed E-state index contributed by atoms with van der Waals surface area (Å²) in [5.74, 6) is 2.87. The Hall–Kier alpha value is -0.940. The number of aromatic nitrogens is 3. The first-order valence-corrected chi connectivity index (χ1v) is 7.57. The number of aliphatic hydroxyl groups is 1. The Morgan fingerprint density at radius 3 is 2.95 bits per heavy atom. The zero-order valence-electron chi connectivity index (χ0n) is 11.8. The van der Waals surface area contributed by atoms with Gasteiger partial charge in [0, 0.05) is 19.4 Å². The maximum atomic E-state index is 9.54. The van der Waals surface area contributed by atoms with E-state index in [-0.39, 0.29) is 12.6 Å². The van der Waals surface area contributed by atoms with E-state index in [1.165, 1.54) is 19.5 Å². The van der Waals surface area contributed by atoms with Crippen LogP contribution < -0.4 is 0 Å². The highest BCUT2D eigenvalue weighted by Crippen LogP contribution is 2.27. The number of hydrogen-bond acceptors (Lipinski definition) is 4. The van der Waals surface area contributed by atoms with Crippen LogP contribution in [0.2, 0.25) is 0 Å². The highest BCUT2D eigenvalue weighted by atomic mass is 16.3. The van der Waals surface area contributed by atoms with Crippen molar-refractivity contribution in [2.24, 2.45) is 5.92 Å². The van der Waals surface area contributed by atoms with E-state index in [9.17, 15) is 5.11 Å². The predicted octanol–water partition coefficient (Wildman–Crippen LogP) is 1.03. The van der Waals surface area contributed by atoms with Crippen LogP contribution >= 0.6 is 0 Å². The molecule has 1 N–H and O–H groups in total. The second kappa shape index (κ2) is 5.59. The van der Waals surface area contributed by atoms with Gasteiger partial charge >= 0.3 is 0 Å². The van der Waals surface area contributed by atoms with Crippen molar-refractivity contribution in [1.29, 1.82) is 0 Å². The second-order valence-electron chi connectivity index (χ2n) is 5.88. The van der Waals surface area contributed by atoms with Gasteiger partial charge in [-0.25, -0.2) is 0 Å². The Morgan fingerprint density at radius 1 is 1.32 bits per heavy atom. The molecule has 0 aromatic carbocycles. The van der Waals surface area contributed by atoms with Crippen molar-refractivity contribution in [2.45, 2.75) is 45.1 Å². The molecule has 5 nitrogen and oxygen atoms in total. The molecule has 1 aromatic rings. The molecular formula is C14H24N4O. The Kier molecular flexibility index (Phi) is 3.84. The first-order chi connectivity index (χ1) is 9.31. The van der Waals surface area contributed by atoms with Gasteiger partial charge in [-0.15, -0.1) is 10.2 Å². The van der Waals surface area contributed by atoms with Crippen molar-refractivity contribution in [3.05, 3.63) is 11.6 Å². The predicted molar refractivity (Wildman–Crippen MR) is 73.0 cm³/mol. The van der Waals surface area contributed by atoms with Gasteiger partial charge in [0.25, 0.3) is 0 Å². The van der Waals surface area contributed by atoms with Crippen molar-refractivity contribution in [3.63, 3.8) is 0 Å². The molecule has 5 heteroatoms. The molecule has 0 amide bonds. The van der Waals surface area contributed by atoms with E-state index in [2.05, 4.69) is 26.6 Å². The summed E-state index contributed by atoms with van der Waals surface area (Å²) >= 11 is 0. The van der Waals surface area contributed by atoms with E-state index in [1.54, 1.807) is 0 Å². The number of fused-ring (bicyclic) bond motifs is 1. The van der Waals surface area contributed by atoms with Gasteiger partial charge in [-0.05, 0) is 38.3 Å². The number of likely N-dealkylation sites (tertiary alicyclic amines) is 1. The lowest BCUT2D eigenvalue weighted by molar-refractivity contribution is 0.202. The zero-order chi connectivity index (χ0) is 13.2. The highest BCUT2D eigenvalue weighted by molar-refractivity contribution is 5.04. The third-order valence-corrected chi connectivity index (χ3v) is 4.64. The monoisotopic (exact) mass is 264 g/mol. The molecule has 1 saturated heterocycles. The minimum Gasteiger partial charge on any atom is -0.394 e. The standard InChI is InChI=1S/C14H24N4O/c1-2-17-7-6-11(9-17)8-14-16-15-13-5-3-4-12(10-19)18(13)14/h11-12,19H,2-10H2,1H3. The van der Waals surface area contributed by atoms with Crippen molar-refractivity contribution in [2.75, 3.05) is 26.2 Å². The Labute approximate surface area is 114 Å². The smallest absolute Gasteiger partial charge is 0.133 e. The quantitative estimate of drug-likeness (QED) is 0.882. The molecule has 0 radical (unpaired) electrons. The van der Waals surface area contributed by atoms with E-state index in [0.717, 1.165) is 43.9 Å². The summed E-state index contributed by atoms with van der Waals surface area (Å²) in [4.78, 5) is 2.50. The molecule has 2 unspecified atom stereocenters. The molecule has 2 aliphatic rings. The molecule has 1 aromatic heterocycles. The van der Waals surface area contributed by atoms with Crippen LogP contribution in [0.1, 0.15) is 43.9 Å². The van der Waals surface area contributed by atoms with Crippen LogP contribution in [0, 0.1) is 5.92 Å². The maximum Gasteiger partial charge on any atom is 0.133 e. The third-order valence-electron chi connectivity index (χ3n) is 4.64. The summed E-state index contributed by atoms with van der Waals surface area (Å²) in [6, 6.07) is 0.206. The minimum absolute atomic E-state index is 0.206. The van der Waals surface area contributed by atoms with Gasteiger partial charge in [0.05, 0.1) is 12.6 Å². The molecule has 0 saturated carbocycles. The van der Waals surface area contributed by atoms with Crippen LogP contribution in [0.25, 0.3) is 0 Å². The van der Waals surface area contributed by atoms with Crippen LogP contribution in [-0.4, -0.2) is 51.0 Å². The first kappa shape index (κ1) is 13.1. The van der Waals surface area contributed by atoms with Crippen molar-refractivity contribution >= 4 is 0 Å². The molecule has 0 spiro atoms. The fourth-order valence-electron chi connectivity index (χ4n) is 3.51. The van der Waals surface area contributed by atoms with E-state index in [0.29, 0.717) is 5.92 Å². The van der Waals surface area contributed by atoms with Gasteiger partial charge in [0.15, 0.2) is 0 Å². The Bertz CT molecular complexity index is 431. The van der Waals surface area contributed by atoms with E-state index in [1.807, 2.05) is 0 Å². The van der Waals surface area contributed by atoms with Crippen molar-refractivity contribution < 1.29 is 5.11 Å². The first-order valence-electron chi connectivity index (χ1n) is 7.57. The van der Waals surface area contributed by atoms with E-state index >= 15 is 0 Å². The summed E-state index contributed by atoms with van der Waals surface area (Å²) in [6.45, 7) is 5.98. The number of aliphatic hydroxyl groups excluding tert-OH is 1. The lowest BCUT2D eigenvalue weighted by Gasteiger charge is -2.25. The van der Waals surface area contributed by atoms with Gasteiger partial charge in [-0.3, -0.25) is 0 Å². The Balaban J connectivity index is 1.73. The summed E-state index contributed by atoms with van der Waals surface area (Å²) in [5.41, 5.74) is 0. The lowest BCUT2D eigenvalue weighted by Crippen LogP contribution is -2.25. The molecule has 0 aliphatic carbocycles. The zero-order valence-corrected chi connectivity index (χ0v) is 11.8. The number of aryl methyl sites for hydroxylation is 1. The van der Waals surface area contributed by atoms with Gasteiger partial charge in [0.2, 0.25) is 0 Å². The molecule has 2 aliphatic heterocycles. The van der Waals surface area contributed by atoms with E-state index < -0.39 is 0 Å². The fourth-order valence-corrected chi connectivity index (χ4v) is 3.51. The summed E-state index contributed by atoms with van der Waals surface area (Å²) in [5, 5.41) is 18.3. The van der Waals surface area contributed by atoms with Crippen LogP contribution in [0.5, 0.6) is 0 Å². The minimum atomic E-state index is 0.206. The lowest BCUT2D eigenvalue weighted by atomic mass is 10.0. The number of nitrogens with zero attached hydrogens (tertiary/aromatic N) is 4. The van der Waals surface area contributed by atoms with Gasteiger partial charge in [-0.1, -0.05) is 6.92 Å². The molecule has 106 valence electrons. The third kappa shape index (κ3) is 2.54. The molecule has 0 bridgehead atoms. The number of hydrogen-bond donors (Lipinski definition) is 1. The van der Waals surface area contributed by atoms with Crippen LogP contribution in [0.4, 0.5) is 0 Å². The average molecular weight is 264 g/mol. The molecule has 2 atom stereocenters. The van der Waals surface area contributed by atoms with Crippen LogP contribution in [0.15, 0.2) is 0 Å². The fraction of sp³-hybridized carbons (Fsp3) is 0.857. The highest BCUT2D eigenvalue weighted by Gasteiger charge is 2.28. The molecular weight excluding hydrogens is 240 g/mol. The Morgan fingerprint density at radius 2 is 2.21 bits per heavy atom. The van der Waals surface area contributed by atoms with Gasteiger partial charge in [-0.2, -0.15) is 0 Å². The summed E-state index contributed by atoms with van der Waals surface area (Å²) in [6.07, 6.45) is 5.46. The molecule has 1 fully saturated rings. The number of rotatable bonds is 4. The maximum absolute atomic E-state index is 9.54. The van der Waals surface area contributed by atoms with Crippen LogP contribution in [0.3, 0.4) is 0 Å². The topological polar surface area (TPSA) is 54.2 Å². The molecule has 3 heterocycles.